The van der Waals surface area contributed by atoms with Crippen LogP contribution in [0.1, 0.15) is 12.0 Å². The Bertz CT molecular complexity index is 501. The first-order valence-corrected chi connectivity index (χ1v) is 7.92. The largest absolute Gasteiger partial charge is 0.379 e. The molecule has 1 fully saturated rings. The van der Waals surface area contributed by atoms with Gasteiger partial charge in [-0.15, -0.1) is 0 Å². The van der Waals surface area contributed by atoms with Crippen molar-refractivity contribution in [1.29, 1.82) is 0 Å². The predicted octanol–water partition coefficient (Wildman–Crippen LogP) is 2.06. The number of fused-ring (bicyclic) bond motifs is 1. The molecule has 20 heavy (non-hydrogen) atoms. The molecule has 1 aromatic rings. The molecule has 2 heterocycles. The third-order valence-corrected chi connectivity index (χ3v) is 4.48. The van der Waals surface area contributed by atoms with Gasteiger partial charge in [0.2, 0.25) is 5.91 Å². The van der Waals surface area contributed by atoms with Crippen LogP contribution in [-0.4, -0.2) is 50.2 Å². The highest BCUT2D eigenvalue weighted by atomic mass is 79.9. The molecule has 1 saturated heterocycles. The molecule has 2 aliphatic heterocycles. The van der Waals surface area contributed by atoms with Crippen LogP contribution in [0.25, 0.3) is 0 Å². The van der Waals surface area contributed by atoms with Crippen LogP contribution in [0.5, 0.6) is 0 Å². The summed E-state index contributed by atoms with van der Waals surface area (Å²) in [4.78, 5) is 16.5. The van der Waals surface area contributed by atoms with E-state index in [4.69, 9.17) is 4.74 Å². The fraction of sp³-hybridized carbons (Fsp3) is 0.533. The molecule has 3 rings (SSSR count). The summed E-state index contributed by atoms with van der Waals surface area (Å²) in [5, 5.41) is 0. The van der Waals surface area contributed by atoms with Crippen LogP contribution in [-0.2, 0) is 16.0 Å². The van der Waals surface area contributed by atoms with Crippen molar-refractivity contribution in [2.75, 3.05) is 44.3 Å². The Morgan fingerprint density at radius 3 is 2.75 bits per heavy atom. The van der Waals surface area contributed by atoms with Gasteiger partial charge in [-0.2, -0.15) is 0 Å². The Labute approximate surface area is 127 Å². The van der Waals surface area contributed by atoms with Gasteiger partial charge in [0.1, 0.15) is 0 Å². The zero-order chi connectivity index (χ0) is 13.9. The number of amides is 1. The molecular weight excluding hydrogens is 320 g/mol. The van der Waals surface area contributed by atoms with Gasteiger partial charge in [-0.05, 0) is 24.1 Å². The summed E-state index contributed by atoms with van der Waals surface area (Å²) in [5.41, 5.74) is 2.35. The topological polar surface area (TPSA) is 32.8 Å². The first kappa shape index (κ1) is 14.0. The number of carbonyl (C=O) groups excluding carboxylic acids is 1. The lowest BCUT2D eigenvalue weighted by atomic mass is 10.0. The zero-order valence-corrected chi connectivity index (χ0v) is 13.1. The summed E-state index contributed by atoms with van der Waals surface area (Å²) in [7, 11) is 0. The van der Waals surface area contributed by atoms with Crippen LogP contribution in [0.3, 0.4) is 0 Å². The highest BCUT2D eigenvalue weighted by Gasteiger charge is 2.24. The molecule has 0 aliphatic carbocycles. The number of nitrogens with zero attached hydrogens (tertiary/aromatic N) is 2. The van der Waals surface area contributed by atoms with Crippen LogP contribution < -0.4 is 4.90 Å². The van der Waals surface area contributed by atoms with Gasteiger partial charge in [0.05, 0.1) is 13.2 Å². The van der Waals surface area contributed by atoms with Crippen molar-refractivity contribution >= 4 is 27.5 Å². The van der Waals surface area contributed by atoms with Crippen molar-refractivity contribution in [3.8, 4) is 0 Å². The summed E-state index contributed by atoms with van der Waals surface area (Å²) in [6, 6.07) is 6.23. The average Bonchev–Trinajstić information content (AvgIpc) is 2.47. The van der Waals surface area contributed by atoms with Crippen molar-refractivity contribution in [2.45, 2.75) is 12.8 Å². The van der Waals surface area contributed by atoms with Gasteiger partial charge in [0.25, 0.3) is 0 Å². The minimum atomic E-state index is 0.240. The monoisotopic (exact) mass is 338 g/mol. The number of hydrogen-bond acceptors (Lipinski definition) is 3. The van der Waals surface area contributed by atoms with Gasteiger partial charge in [0.15, 0.2) is 0 Å². The minimum Gasteiger partial charge on any atom is -0.379 e. The van der Waals surface area contributed by atoms with Gasteiger partial charge >= 0.3 is 0 Å². The standard InChI is InChI=1S/C15H19BrN2O2/c16-13-3-1-12-2-4-15(19)18(14(12)11-13)6-5-17-7-9-20-10-8-17/h1,3,11H,2,4-10H2. The first-order valence-electron chi connectivity index (χ1n) is 7.13. The molecule has 1 aromatic carbocycles. The number of hydrogen-bond donors (Lipinski definition) is 0. The lowest BCUT2D eigenvalue weighted by Gasteiger charge is -2.33. The van der Waals surface area contributed by atoms with E-state index in [9.17, 15) is 4.79 Å². The lowest BCUT2D eigenvalue weighted by molar-refractivity contribution is -0.119. The number of carbonyl (C=O) groups is 1. The van der Waals surface area contributed by atoms with Gasteiger partial charge < -0.3 is 9.64 Å². The number of benzene rings is 1. The molecule has 0 N–H and O–H groups in total. The van der Waals surface area contributed by atoms with Gasteiger partial charge in [0, 0.05) is 42.8 Å². The van der Waals surface area contributed by atoms with Crippen LogP contribution in [0, 0.1) is 0 Å². The fourth-order valence-electron chi connectivity index (χ4n) is 2.82. The average molecular weight is 339 g/mol. The van der Waals surface area contributed by atoms with E-state index < -0.39 is 0 Å². The number of anilines is 1. The maximum absolute atomic E-state index is 12.2. The molecule has 5 heteroatoms. The summed E-state index contributed by atoms with van der Waals surface area (Å²) in [6.07, 6.45) is 1.48. The fourth-order valence-corrected chi connectivity index (χ4v) is 3.17. The normalized spacial score (nSPS) is 20.1. The third kappa shape index (κ3) is 3.05. The highest BCUT2D eigenvalue weighted by Crippen LogP contribution is 2.30. The van der Waals surface area contributed by atoms with Crippen LogP contribution >= 0.6 is 15.9 Å². The van der Waals surface area contributed by atoms with Crippen molar-refractivity contribution in [1.82, 2.24) is 4.90 Å². The Morgan fingerprint density at radius 1 is 1.15 bits per heavy atom. The van der Waals surface area contributed by atoms with E-state index in [1.54, 1.807) is 0 Å². The second kappa shape index (κ2) is 6.24. The summed E-state index contributed by atoms with van der Waals surface area (Å²) >= 11 is 3.50. The van der Waals surface area contributed by atoms with E-state index in [-0.39, 0.29) is 5.91 Å². The van der Waals surface area contributed by atoms with Crippen LogP contribution in [0.4, 0.5) is 5.69 Å². The number of rotatable bonds is 3. The lowest BCUT2D eigenvalue weighted by Crippen LogP contribution is -2.44. The highest BCUT2D eigenvalue weighted by molar-refractivity contribution is 9.10. The minimum absolute atomic E-state index is 0.240. The molecular formula is C15H19BrN2O2. The van der Waals surface area contributed by atoms with Gasteiger partial charge in [-0.3, -0.25) is 9.69 Å². The van der Waals surface area contributed by atoms with E-state index in [0.717, 1.165) is 56.0 Å². The van der Waals surface area contributed by atoms with Crippen LogP contribution in [0.15, 0.2) is 22.7 Å². The van der Waals surface area contributed by atoms with Crippen molar-refractivity contribution in [3.63, 3.8) is 0 Å². The molecule has 4 nitrogen and oxygen atoms in total. The van der Waals surface area contributed by atoms with E-state index in [1.807, 2.05) is 4.90 Å². The summed E-state index contributed by atoms with van der Waals surface area (Å²) in [6.45, 7) is 5.22. The molecule has 2 aliphatic rings. The summed E-state index contributed by atoms with van der Waals surface area (Å²) < 4.78 is 6.39. The smallest absolute Gasteiger partial charge is 0.227 e. The first-order chi connectivity index (χ1) is 9.74. The number of halogens is 1. The maximum atomic E-state index is 12.2. The van der Waals surface area contributed by atoms with Crippen LogP contribution in [0.2, 0.25) is 0 Å². The van der Waals surface area contributed by atoms with Gasteiger partial charge in [-0.25, -0.2) is 0 Å². The molecule has 1 amide bonds. The Hall–Kier alpha value is -0.910. The number of morpholine rings is 1. The Morgan fingerprint density at radius 2 is 1.95 bits per heavy atom. The number of ether oxygens (including phenoxy) is 1. The van der Waals surface area contributed by atoms with E-state index in [0.29, 0.717) is 6.42 Å². The van der Waals surface area contributed by atoms with Crippen molar-refractivity contribution < 1.29 is 9.53 Å². The predicted molar refractivity (Wildman–Crippen MR) is 82.1 cm³/mol. The molecule has 0 radical (unpaired) electrons. The molecule has 0 saturated carbocycles. The third-order valence-electron chi connectivity index (χ3n) is 3.99. The van der Waals surface area contributed by atoms with Crippen molar-refractivity contribution in [3.05, 3.63) is 28.2 Å². The molecule has 0 bridgehead atoms. The molecule has 0 aromatic heterocycles. The second-order valence-corrected chi connectivity index (χ2v) is 6.19. The SMILES string of the molecule is O=C1CCc2ccc(Br)cc2N1CCN1CCOCC1. The summed E-state index contributed by atoms with van der Waals surface area (Å²) in [5.74, 6) is 0.240. The van der Waals surface area contributed by atoms with Crippen molar-refractivity contribution in [2.24, 2.45) is 0 Å². The van der Waals surface area contributed by atoms with E-state index in [2.05, 4.69) is 39.0 Å². The molecule has 108 valence electrons. The van der Waals surface area contributed by atoms with E-state index in [1.165, 1.54) is 5.56 Å². The molecule has 0 unspecified atom stereocenters. The quantitative estimate of drug-likeness (QED) is 0.845. The van der Waals surface area contributed by atoms with E-state index >= 15 is 0 Å². The van der Waals surface area contributed by atoms with Gasteiger partial charge in [-0.1, -0.05) is 22.0 Å². The maximum Gasteiger partial charge on any atom is 0.227 e. The Balaban J connectivity index is 1.71. The zero-order valence-electron chi connectivity index (χ0n) is 11.5. The molecule has 0 spiro atoms. The second-order valence-electron chi connectivity index (χ2n) is 5.27. The molecule has 0 atom stereocenters. The Kier molecular flexibility index (Phi) is 4.38. The number of aryl methyl sites for hydroxylation is 1.